The minimum atomic E-state index is 0.106. The number of carbonyl (C=O) groups excluding carboxylic acids is 1. The summed E-state index contributed by atoms with van der Waals surface area (Å²) in [6, 6.07) is 2.06. The van der Waals surface area contributed by atoms with Gasteiger partial charge in [-0.15, -0.1) is 0 Å². The van der Waals surface area contributed by atoms with E-state index in [2.05, 4.69) is 15.1 Å². The number of ether oxygens (including phenoxy) is 1. The average Bonchev–Trinajstić information content (AvgIpc) is 3.04. The lowest BCUT2D eigenvalue weighted by Crippen LogP contribution is -2.49. The number of hydrogen-bond acceptors (Lipinski definition) is 5. The third kappa shape index (κ3) is 4.42. The molecule has 0 unspecified atom stereocenters. The van der Waals surface area contributed by atoms with Gasteiger partial charge in [0.25, 0.3) is 0 Å². The summed E-state index contributed by atoms with van der Waals surface area (Å²) in [6.07, 6.45) is 8.05. The Morgan fingerprint density at radius 2 is 2.12 bits per heavy atom. The third-order valence-corrected chi connectivity index (χ3v) is 4.76. The maximum absolute atomic E-state index is 12.7. The third-order valence-electron chi connectivity index (χ3n) is 4.76. The van der Waals surface area contributed by atoms with E-state index in [1.807, 2.05) is 29.6 Å². The molecule has 0 aromatic carbocycles. The summed E-state index contributed by atoms with van der Waals surface area (Å²) in [5, 5.41) is 4.15. The van der Waals surface area contributed by atoms with Gasteiger partial charge in [-0.1, -0.05) is 0 Å². The van der Waals surface area contributed by atoms with E-state index in [0.717, 1.165) is 29.9 Å². The van der Waals surface area contributed by atoms with E-state index >= 15 is 0 Å². The van der Waals surface area contributed by atoms with Crippen molar-refractivity contribution in [1.29, 1.82) is 0 Å². The van der Waals surface area contributed by atoms with E-state index in [1.54, 1.807) is 18.6 Å². The van der Waals surface area contributed by atoms with Gasteiger partial charge in [-0.25, -0.2) is 0 Å². The van der Waals surface area contributed by atoms with E-state index in [-0.39, 0.29) is 11.9 Å². The Morgan fingerprint density at radius 3 is 2.88 bits per heavy atom. The van der Waals surface area contributed by atoms with Crippen LogP contribution in [0.3, 0.4) is 0 Å². The van der Waals surface area contributed by atoms with Crippen LogP contribution in [0.15, 0.2) is 24.7 Å². The quantitative estimate of drug-likeness (QED) is 0.791. The molecule has 1 saturated heterocycles. The van der Waals surface area contributed by atoms with Crippen LogP contribution in [0.25, 0.3) is 0 Å². The molecule has 1 fully saturated rings. The number of hydrogen-bond donors (Lipinski definition) is 0. The Morgan fingerprint density at radius 1 is 1.28 bits per heavy atom. The zero-order valence-electron chi connectivity index (χ0n) is 14.9. The minimum Gasteiger partial charge on any atom is -0.377 e. The van der Waals surface area contributed by atoms with Crippen molar-refractivity contribution < 1.29 is 9.53 Å². The van der Waals surface area contributed by atoms with Crippen LogP contribution in [0.1, 0.15) is 29.9 Å². The van der Waals surface area contributed by atoms with Crippen molar-refractivity contribution in [2.75, 3.05) is 19.8 Å². The predicted octanol–water partition coefficient (Wildman–Crippen LogP) is 1.31. The Balaban J connectivity index is 1.57. The van der Waals surface area contributed by atoms with Crippen LogP contribution in [0.5, 0.6) is 0 Å². The van der Waals surface area contributed by atoms with Gasteiger partial charge in [0.05, 0.1) is 30.6 Å². The molecule has 0 aliphatic carbocycles. The second-order valence-corrected chi connectivity index (χ2v) is 6.39. The largest absolute Gasteiger partial charge is 0.377 e. The Kier molecular flexibility index (Phi) is 5.75. The number of amides is 1. The molecule has 0 bridgehead atoms. The molecule has 7 nitrogen and oxygen atoms in total. The highest BCUT2D eigenvalue weighted by atomic mass is 16.5. The highest BCUT2D eigenvalue weighted by Crippen LogP contribution is 2.16. The van der Waals surface area contributed by atoms with Gasteiger partial charge < -0.3 is 9.64 Å². The second kappa shape index (κ2) is 8.20. The molecule has 0 spiro atoms. The van der Waals surface area contributed by atoms with Crippen LogP contribution in [0.4, 0.5) is 0 Å². The van der Waals surface area contributed by atoms with Gasteiger partial charge in [-0.3, -0.25) is 19.4 Å². The number of aromatic nitrogens is 4. The molecule has 1 amide bonds. The smallest absolute Gasteiger partial charge is 0.223 e. The van der Waals surface area contributed by atoms with Crippen molar-refractivity contribution in [3.05, 3.63) is 41.7 Å². The Bertz CT molecular complexity index is 715. The number of carbonyl (C=O) groups is 1. The van der Waals surface area contributed by atoms with Crippen LogP contribution in [-0.4, -0.2) is 56.4 Å². The SMILES string of the molecule is Cc1nccnc1CC[C@H]1COCCN1C(=O)CCc1ccnn1C. The van der Waals surface area contributed by atoms with E-state index < -0.39 is 0 Å². The fourth-order valence-electron chi connectivity index (χ4n) is 3.23. The molecule has 1 aliphatic heterocycles. The van der Waals surface area contributed by atoms with Crippen LogP contribution < -0.4 is 0 Å². The highest BCUT2D eigenvalue weighted by Gasteiger charge is 2.27. The van der Waals surface area contributed by atoms with Gasteiger partial charge in [0.1, 0.15) is 0 Å². The van der Waals surface area contributed by atoms with Crippen molar-refractivity contribution in [1.82, 2.24) is 24.6 Å². The molecular formula is C18H25N5O2. The van der Waals surface area contributed by atoms with Gasteiger partial charge in [-0.2, -0.15) is 5.10 Å². The van der Waals surface area contributed by atoms with Crippen molar-refractivity contribution >= 4 is 5.91 Å². The molecule has 134 valence electrons. The molecule has 25 heavy (non-hydrogen) atoms. The topological polar surface area (TPSA) is 73.1 Å². The summed E-state index contributed by atoms with van der Waals surface area (Å²) in [5.41, 5.74) is 3.03. The van der Waals surface area contributed by atoms with Crippen molar-refractivity contribution in [2.45, 2.75) is 38.6 Å². The molecular weight excluding hydrogens is 318 g/mol. The van der Waals surface area contributed by atoms with Crippen LogP contribution in [0.2, 0.25) is 0 Å². The first-order valence-corrected chi connectivity index (χ1v) is 8.75. The first-order valence-electron chi connectivity index (χ1n) is 8.75. The monoisotopic (exact) mass is 343 g/mol. The minimum absolute atomic E-state index is 0.106. The standard InChI is InChI=1S/C18H25N5O2/c1-14-17(20-10-9-19-14)5-3-16-13-25-12-11-23(16)18(24)6-4-15-7-8-21-22(15)2/h7-10,16H,3-6,11-13H2,1-2H3/t16-/m0/s1. The summed E-state index contributed by atoms with van der Waals surface area (Å²) in [5.74, 6) is 0.186. The van der Waals surface area contributed by atoms with E-state index in [0.29, 0.717) is 32.6 Å². The first kappa shape index (κ1) is 17.5. The number of morpholine rings is 1. The first-order chi connectivity index (χ1) is 12.1. The molecule has 0 radical (unpaired) electrons. The molecule has 2 aromatic rings. The van der Waals surface area contributed by atoms with Crippen LogP contribution >= 0.6 is 0 Å². The molecule has 1 aliphatic rings. The predicted molar refractivity (Wildman–Crippen MR) is 92.9 cm³/mol. The lowest BCUT2D eigenvalue weighted by atomic mass is 10.1. The molecule has 1 atom stereocenters. The summed E-state index contributed by atoms with van der Waals surface area (Å²) >= 11 is 0. The second-order valence-electron chi connectivity index (χ2n) is 6.39. The van der Waals surface area contributed by atoms with Crippen molar-refractivity contribution in [2.24, 2.45) is 7.05 Å². The van der Waals surface area contributed by atoms with Crippen LogP contribution in [-0.2, 0) is 29.4 Å². The molecule has 0 saturated carbocycles. The number of rotatable bonds is 6. The van der Waals surface area contributed by atoms with Gasteiger partial charge in [0, 0.05) is 44.3 Å². The number of aryl methyl sites for hydroxylation is 4. The zero-order chi connectivity index (χ0) is 17.6. The average molecular weight is 343 g/mol. The summed E-state index contributed by atoms with van der Waals surface area (Å²) in [4.78, 5) is 23.4. The lowest BCUT2D eigenvalue weighted by molar-refractivity contribution is -0.140. The fraction of sp³-hybridized carbons (Fsp3) is 0.556. The lowest BCUT2D eigenvalue weighted by Gasteiger charge is -2.36. The fourth-order valence-corrected chi connectivity index (χ4v) is 3.23. The summed E-state index contributed by atoms with van der Waals surface area (Å²) < 4.78 is 7.43. The highest BCUT2D eigenvalue weighted by molar-refractivity contribution is 5.76. The molecule has 3 rings (SSSR count). The molecule has 2 aromatic heterocycles. The van der Waals surface area contributed by atoms with Gasteiger partial charge in [0.15, 0.2) is 0 Å². The van der Waals surface area contributed by atoms with E-state index in [1.165, 1.54) is 0 Å². The molecule has 7 heteroatoms. The maximum Gasteiger partial charge on any atom is 0.223 e. The van der Waals surface area contributed by atoms with Gasteiger partial charge >= 0.3 is 0 Å². The zero-order valence-corrected chi connectivity index (χ0v) is 14.9. The maximum atomic E-state index is 12.7. The summed E-state index contributed by atoms with van der Waals surface area (Å²) in [6.45, 7) is 3.83. The molecule has 0 N–H and O–H groups in total. The van der Waals surface area contributed by atoms with Gasteiger partial charge in [0.2, 0.25) is 5.91 Å². The van der Waals surface area contributed by atoms with E-state index in [9.17, 15) is 4.79 Å². The normalized spacial score (nSPS) is 17.7. The summed E-state index contributed by atoms with van der Waals surface area (Å²) in [7, 11) is 1.90. The number of nitrogens with zero attached hydrogens (tertiary/aromatic N) is 5. The Labute approximate surface area is 148 Å². The Hall–Kier alpha value is -2.28. The van der Waals surface area contributed by atoms with Gasteiger partial charge in [-0.05, 0) is 32.3 Å². The molecule has 3 heterocycles. The van der Waals surface area contributed by atoms with E-state index in [4.69, 9.17) is 4.74 Å². The van der Waals surface area contributed by atoms with Crippen LogP contribution in [0, 0.1) is 6.92 Å². The van der Waals surface area contributed by atoms with Crippen molar-refractivity contribution in [3.8, 4) is 0 Å². The van der Waals surface area contributed by atoms with Crippen molar-refractivity contribution in [3.63, 3.8) is 0 Å².